The zero-order valence-corrected chi connectivity index (χ0v) is 15.1. The summed E-state index contributed by atoms with van der Waals surface area (Å²) in [6.07, 6.45) is -1.41. The van der Waals surface area contributed by atoms with E-state index in [1.165, 1.54) is 0 Å². The van der Waals surface area contributed by atoms with Gasteiger partial charge < -0.3 is 14.5 Å². The highest BCUT2D eigenvalue weighted by molar-refractivity contribution is 7.52. The van der Waals surface area contributed by atoms with Crippen LogP contribution in [0.1, 0.15) is 17.2 Å². The van der Waals surface area contributed by atoms with Crippen molar-refractivity contribution in [3.05, 3.63) is 96.1 Å². The van der Waals surface area contributed by atoms with Gasteiger partial charge in [-0.25, -0.2) is 0 Å². The molecular formula is C21H21O4P. The largest absolute Gasteiger partial charge is 0.388 e. The van der Waals surface area contributed by atoms with Gasteiger partial charge in [-0.1, -0.05) is 84.9 Å². The molecule has 0 spiro atoms. The Morgan fingerprint density at radius 2 is 1.35 bits per heavy atom. The van der Waals surface area contributed by atoms with Crippen molar-refractivity contribution in [3.63, 3.8) is 0 Å². The van der Waals surface area contributed by atoms with E-state index in [4.69, 9.17) is 4.52 Å². The molecule has 0 aliphatic carbocycles. The van der Waals surface area contributed by atoms with E-state index in [9.17, 15) is 14.6 Å². The predicted octanol–water partition coefficient (Wildman–Crippen LogP) is 4.79. The molecule has 3 aromatic carbocycles. The van der Waals surface area contributed by atoms with Crippen molar-refractivity contribution in [2.45, 2.75) is 12.7 Å². The molecule has 3 aromatic rings. The molecule has 0 saturated carbocycles. The number of hydrogen-bond donors (Lipinski definition) is 2. The third-order valence-corrected chi connectivity index (χ3v) is 5.42. The maximum Gasteiger partial charge on any atom is 0.331 e. The molecule has 2 atom stereocenters. The topological polar surface area (TPSA) is 66.8 Å². The van der Waals surface area contributed by atoms with Gasteiger partial charge in [0.25, 0.3) is 0 Å². The van der Waals surface area contributed by atoms with Gasteiger partial charge in [0.15, 0.2) is 0 Å². The second-order valence-corrected chi connectivity index (χ2v) is 7.98. The van der Waals surface area contributed by atoms with Crippen LogP contribution >= 0.6 is 7.60 Å². The zero-order chi connectivity index (χ0) is 18.4. The maximum absolute atomic E-state index is 12.2. The first kappa shape index (κ1) is 18.6. The molecule has 4 nitrogen and oxygen atoms in total. The molecule has 134 valence electrons. The van der Waals surface area contributed by atoms with Gasteiger partial charge in [0, 0.05) is 0 Å². The summed E-state index contributed by atoms with van der Waals surface area (Å²) in [5, 5.41) is 10.3. The second-order valence-electron chi connectivity index (χ2n) is 6.08. The van der Waals surface area contributed by atoms with Gasteiger partial charge in [0.05, 0.1) is 18.9 Å². The van der Waals surface area contributed by atoms with Gasteiger partial charge >= 0.3 is 7.60 Å². The summed E-state index contributed by atoms with van der Waals surface area (Å²) in [4.78, 5) is 10.0. The van der Waals surface area contributed by atoms with E-state index in [1.807, 2.05) is 72.8 Å². The van der Waals surface area contributed by atoms with Crippen molar-refractivity contribution in [2.75, 3.05) is 6.16 Å². The Labute approximate surface area is 153 Å². The van der Waals surface area contributed by atoms with Crippen LogP contribution in [0.4, 0.5) is 0 Å². The van der Waals surface area contributed by atoms with Crippen molar-refractivity contribution >= 4 is 7.60 Å². The van der Waals surface area contributed by atoms with Crippen LogP contribution in [0.15, 0.2) is 84.9 Å². The first-order chi connectivity index (χ1) is 12.5. The van der Waals surface area contributed by atoms with Crippen molar-refractivity contribution in [1.29, 1.82) is 0 Å². The van der Waals surface area contributed by atoms with Crippen LogP contribution in [-0.4, -0.2) is 16.2 Å². The van der Waals surface area contributed by atoms with Gasteiger partial charge in [-0.2, -0.15) is 0 Å². The predicted molar refractivity (Wildman–Crippen MR) is 103 cm³/mol. The van der Waals surface area contributed by atoms with Crippen LogP contribution in [0.2, 0.25) is 0 Å². The Balaban J connectivity index is 1.61. The smallest absolute Gasteiger partial charge is 0.331 e. The van der Waals surface area contributed by atoms with E-state index in [0.29, 0.717) is 5.56 Å². The monoisotopic (exact) mass is 368 g/mol. The summed E-state index contributed by atoms with van der Waals surface area (Å²) in [6, 6.07) is 26.4. The van der Waals surface area contributed by atoms with Gasteiger partial charge in [0.1, 0.15) is 0 Å². The van der Waals surface area contributed by atoms with Crippen molar-refractivity contribution < 1.29 is 19.1 Å². The average molecular weight is 368 g/mol. The van der Waals surface area contributed by atoms with Gasteiger partial charge in [-0.15, -0.1) is 0 Å². The number of hydrogen-bond acceptors (Lipinski definition) is 3. The van der Waals surface area contributed by atoms with Crippen LogP contribution < -0.4 is 0 Å². The molecule has 0 aliphatic rings. The number of benzene rings is 3. The number of rotatable bonds is 7. The molecule has 0 bridgehead atoms. The molecule has 0 heterocycles. The van der Waals surface area contributed by atoms with Crippen molar-refractivity contribution in [1.82, 2.24) is 0 Å². The van der Waals surface area contributed by atoms with E-state index in [0.717, 1.165) is 16.7 Å². The fourth-order valence-corrected chi connectivity index (χ4v) is 3.76. The zero-order valence-electron chi connectivity index (χ0n) is 14.2. The average Bonchev–Trinajstić information content (AvgIpc) is 2.68. The second kappa shape index (κ2) is 8.43. The number of aliphatic hydroxyl groups is 1. The first-order valence-electron chi connectivity index (χ1n) is 8.37. The summed E-state index contributed by atoms with van der Waals surface area (Å²) < 4.78 is 17.4. The van der Waals surface area contributed by atoms with Gasteiger partial charge in [-0.3, -0.25) is 4.57 Å². The van der Waals surface area contributed by atoms with Crippen LogP contribution in [0.25, 0.3) is 11.1 Å². The number of aliphatic hydroxyl groups excluding tert-OH is 1. The lowest BCUT2D eigenvalue weighted by Crippen LogP contribution is -2.06. The Kier molecular flexibility index (Phi) is 6.02. The molecule has 3 rings (SSSR count). The minimum Gasteiger partial charge on any atom is -0.388 e. The Morgan fingerprint density at radius 3 is 1.96 bits per heavy atom. The third-order valence-electron chi connectivity index (χ3n) is 4.08. The summed E-state index contributed by atoms with van der Waals surface area (Å²) in [7, 11) is -3.90. The van der Waals surface area contributed by atoms with Crippen LogP contribution in [-0.2, 0) is 15.7 Å². The third kappa shape index (κ3) is 5.13. The molecule has 0 saturated heterocycles. The first-order valence-corrected chi connectivity index (χ1v) is 10.1. The van der Waals surface area contributed by atoms with Crippen molar-refractivity contribution in [3.8, 4) is 11.1 Å². The van der Waals surface area contributed by atoms with Crippen LogP contribution in [0.3, 0.4) is 0 Å². The standard InChI is InChI=1S/C21H21O4P/c22-21(16-26(23,24)25-15-17-7-3-1-4-8-17)20-13-11-19(12-14-20)18-9-5-2-6-10-18/h1-14,21-22H,15-16H2,(H,23,24). The van der Waals surface area contributed by atoms with Crippen LogP contribution in [0.5, 0.6) is 0 Å². The molecule has 0 aliphatic heterocycles. The highest BCUT2D eigenvalue weighted by atomic mass is 31.2. The summed E-state index contributed by atoms with van der Waals surface area (Å²) in [5.74, 6) is 0. The summed E-state index contributed by atoms with van der Waals surface area (Å²) in [6.45, 7) is 0.0360. The van der Waals surface area contributed by atoms with E-state index >= 15 is 0 Å². The lowest BCUT2D eigenvalue weighted by atomic mass is 10.0. The van der Waals surface area contributed by atoms with Crippen molar-refractivity contribution in [2.24, 2.45) is 0 Å². The van der Waals surface area contributed by atoms with Crippen LogP contribution in [0, 0.1) is 0 Å². The minimum absolute atomic E-state index is 0.0360. The van der Waals surface area contributed by atoms with E-state index in [-0.39, 0.29) is 12.8 Å². The SMILES string of the molecule is O=P(O)(CC(O)c1ccc(-c2ccccc2)cc1)OCc1ccccc1. The van der Waals surface area contributed by atoms with Gasteiger partial charge in [-0.05, 0) is 22.3 Å². The minimum atomic E-state index is -3.90. The fourth-order valence-electron chi connectivity index (χ4n) is 2.65. The summed E-state index contributed by atoms with van der Waals surface area (Å²) in [5.41, 5.74) is 3.49. The van der Waals surface area contributed by atoms with E-state index in [2.05, 4.69) is 0 Å². The molecule has 26 heavy (non-hydrogen) atoms. The highest BCUT2D eigenvalue weighted by Crippen LogP contribution is 2.46. The highest BCUT2D eigenvalue weighted by Gasteiger charge is 2.25. The normalized spacial score (nSPS) is 14.5. The Hall–Kier alpha value is -2.23. The molecule has 5 heteroatoms. The van der Waals surface area contributed by atoms with E-state index < -0.39 is 13.7 Å². The Morgan fingerprint density at radius 1 is 0.808 bits per heavy atom. The van der Waals surface area contributed by atoms with Gasteiger partial charge in [0.2, 0.25) is 0 Å². The lowest BCUT2D eigenvalue weighted by molar-refractivity contribution is 0.180. The molecule has 2 N–H and O–H groups in total. The summed E-state index contributed by atoms with van der Waals surface area (Å²) >= 11 is 0. The van der Waals surface area contributed by atoms with E-state index in [1.54, 1.807) is 12.1 Å². The lowest BCUT2D eigenvalue weighted by Gasteiger charge is -2.17. The molecular weight excluding hydrogens is 347 g/mol. The molecule has 0 radical (unpaired) electrons. The quantitative estimate of drug-likeness (QED) is 0.589. The molecule has 0 fully saturated rings. The molecule has 0 aromatic heterocycles. The molecule has 0 amide bonds. The Bertz CT molecular complexity index is 864. The maximum atomic E-state index is 12.2. The fraction of sp³-hybridized carbons (Fsp3) is 0.143. The molecule has 2 unspecified atom stereocenters.